The summed E-state index contributed by atoms with van der Waals surface area (Å²) < 4.78 is 0. The number of carbonyl (C=O) groups is 1. The predicted molar refractivity (Wildman–Crippen MR) is 57.8 cm³/mol. The van der Waals surface area contributed by atoms with Crippen molar-refractivity contribution in [3.63, 3.8) is 0 Å². The van der Waals surface area contributed by atoms with E-state index in [1.165, 1.54) is 0 Å². The maximum atomic E-state index is 10.5. The third-order valence-electron chi connectivity index (χ3n) is 2.20. The van der Waals surface area contributed by atoms with E-state index in [0.717, 1.165) is 5.56 Å². The second-order valence-electron chi connectivity index (χ2n) is 3.46. The van der Waals surface area contributed by atoms with Crippen molar-refractivity contribution in [1.82, 2.24) is 0 Å². The van der Waals surface area contributed by atoms with Gasteiger partial charge in [0.15, 0.2) is 0 Å². The minimum absolute atomic E-state index is 0.0629. The molecule has 0 fully saturated rings. The van der Waals surface area contributed by atoms with Gasteiger partial charge in [0.05, 0.1) is 6.42 Å². The molecule has 1 aromatic carbocycles. The molecule has 2 N–H and O–H groups in total. The van der Waals surface area contributed by atoms with Crippen LogP contribution in [-0.4, -0.2) is 16.2 Å². The zero-order valence-electron chi connectivity index (χ0n) is 8.39. The molecule has 0 radical (unpaired) electrons. The van der Waals surface area contributed by atoms with Crippen LogP contribution in [0.25, 0.3) is 0 Å². The molecular formula is C12H14O3. The van der Waals surface area contributed by atoms with Crippen LogP contribution in [0.4, 0.5) is 0 Å². The van der Waals surface area contributed by atoms with Gasteiger partial charge in [-0.2, -0.15) is 0 Å². The summed E-state index contributed by atoms with van der Waals surface area (Å²) in [5.41, 5.74) is 0.999. The van der Waals surface area contributed by atoms with Gasteiger partial charge >= 0.3 is 5.97 Å². The molecule has 0 amide bonds. The molecular weight excluding hydrogens is 192 g/mol. The zero-order chi connectivity index (χ0) is 11.3. The molecule has 0 saturated carbocycles. The fraction of sp³-hybridized carbons (Fsp3) is 0.250. The SMILES string of the molecule is C=CC(CC(=O)O)Cc1ccc(O)cc1. The number of phenols is 1. The number of aromatic hydroxyl groups is 1. The van der Waals surface area contributed by atoms with Gasteiger partial charge in [-0.15, -0.1) is 6.58 Å². The van der Waals surface area contributed by atoms with Gasteiger partial charge in [-0.3, -0.25) is 4.79 Å². The van der Waals surface area contributed by atoms with E-state index in [-0.39, 0.29) is 18.1 Å². The quantitative estimate of drug-likeness (QED) is 0.726. The number of aliphatic carboxylic acids is 1. The second kappa shape index (κ2) is 5.20. The molecule has 0 aromatic heterocycles. The van der Waals surface area contributed by atoms with Gasteiger partial charge in [0, 0.05) is 0 Å². The average Bonchev–Trinajstić information content (AvgIpc) is 2.19. The van der Waals surface area contributed by atoms with Crippen LogP contribution in [0.3, 0.4) is 0 Å². The second-order valence-corrected chi connectivity index (χ2v) is 3.46. The molecule has 0 aliphatic rings. The van der Waals surface area contributed by atoms with E-state index in [9.17, 15) is 4.79 Å². The van der Waals surface area contributed by atoms with Crippen molar-refractivity contribution in [2.75, 3.05) is 0 Å². The van der Waals surface area contributed by atoms with Crippen LogP contribution in [0.5, 0.6) is 5.75 Å². The van der Waals surface area contributed by atoms with Crippen LogP contribution in [0, 0.1) is 5.92 Å². The molecule has 1 unspecified atom stereocenters. The third-order valence-corrected chi connectivity index (χ3v) is 2.20. The standard InChI is InChI=1S/C12H14O3/c1-2-9(8-12(14)15)7-10-3-5-11(13)6-4-10/h2-6,9,13H,1,7-8H2,(H,14,15). The first kappa shape index (κ1) is 11.3. The third kappa shape index (κ3) is 3.85. The van der Waals surface area contributed by atoms with Crippen molar-refractivity contribution in [2.24, 2.45) is 5.92 Å². The molecule has 0 saturated heterocycles. The molecule has 80 valence electrons. The summed E-state index contributed by atoms with van der Waals surface area (Å²) in [5, 5.41) is 17.7. The summed E-state index contributed by atoms with van der Waals surface area (Å²) in [6.07, 6.45) is 2.38. The Balaban J connectivity index is 2.62. The van der Waals surface area contributed by atoms with Crippen LogP contribution in [0.15, 0.2) is 36.9 Å². The number of carboxylic acids is 1. The van der Waals surface area contributed by atoms with Gasteiger partial charge in [-0.25, -0.2) is 0 Å². The Hall–Kier alpha value is -1.77. The van der Waals surface area contributed by atoms with E-state index < -0.39 is 5.97 Å². The minimum Gasteiger partial charge on any atom is -0.508 e. The molecule has 1 atom stereocenters. The molecule has 3 heteroatoms. The summed E-state index contributed by atoms with van der Waals surface area (Å²) in [5.74, 6) is -0.669. The molecule has 0 heterocycles. The van der Waals surface area contributed by atoms with Gasteiger partial charge in [0.2, 0.25) is 0 Å². The molecule has 0 aliphatic carbocycles. The summed E-state index contributed by atoms with van der Waals surface area (Å²) in [6, 6.07) is 6.76. The maximum Gasteiger partial charge on any atom is 0.303 e. The Kier molecular flexibility index (Phi) is 3.92. The summed E-state index contributed by atoms with van der Waals surface area (Å²) in [4.78, 5) is 10.5. The topological polar surface area (TPSA) is 57.5 Å². The Labute approximate surface area is 88.7 Å². The fourth-order valence-electron chi connectivity index (χ4n) is 1.40. The van der Waals surface area contributed by atoms with E-state index in [0.29, 0.717) is 6.42 Å². The Morgan fingerprint density at radius 3 is 2.47 bits per heavy atom. The first-order valence-electron chi connectivity index (χ1n) is 4.74. The Morgan fingerprint density at radius 2 is 2.00 bits per heavy atom. The monoisotopic (exact) mass is 206 g/mol. The molecule has 15 heavy (non-hydrogen) atoms. The molecule has 0 aliphatic heterocycles. The Bertz CT molecular complexity index is 340. The number of allylic oxidation sites excluding steroid dienone is 1. The molecule has 0 bridgehead atoms. The molecule has 1 aromatic rings. The molecule has 0 spiro atoms. The van der Waals surface area contributed by atoms with Gasteiger partial charge in [-0.05, 0) is 30.0 Å². The summed E-state index contributed by atoms with van der Waals surface area (Å²) >= 11 is 0. The first-order valence-corrected chi connectivity index (χ1v) is 4.74. The van der Waals surface area contributed by atoms with Crippen LogP contribution >= 0.6 is 0 Å². The van der Waals surface area contributed by atoms with E-state index in [1.54, 1.807) is 30.3 Å². The van der Waals surface area contributed by atoms with Crippen molar-refractivity contribution in [1.29, 1.82) is 0 Å². The minimum atomic E-state index is -0.821. The van der Waals surface area contributed by atoms with Crippen molar-refractivity contribution in [3.05, 3.63) is 42.5 Å². The van der Waals surface area contributed by atoms with Crippen LogP contribution < -0.4 is 0 Å². The lowest BCUT2D eigenvalue weighted by Crippen LogP contribution is -2.07. The smallest absolute Gasteiger partial charge is 0.303 e. The van der Waals surface area contributed by atoms with E-state index in [4.69, 9.17) is 10.2 Å². The van der Waals surface area contributed by atoms with Crippen LogP contribution in [0.1, 0.15) is 12.0 Å². The fourth-order valence-corrected chi connectivity index (χ4v) is 1.40. The van der Waals surface area contributed by atoms with Gasteiger partial charge < -0.3 is 10.2 Å². The van der Waals surface area contributed by atoms with E-state index >= 15 is 0 Å². The molecule has 1 rings (SSSR count). The van der Waals surface area contributed by atoms with Crippen molar-refractivity contribution in [3.8, 4) is 5.75 Å². The molecule has 3 nitrogen and oxygen atoms in total. The maximum absolute atomic E-state index is 10.5. The lowest BCUT2D eigenvalue weighted by atomic mass is 9.96. The number of phenolic OH excluding ortho intramolecular Hbond substituents is 1. The summed E-state index contributed by atoms with van der Waals surface area (Å²) in [7, 11) is 0. The van der Waals surface area contributed by atoms with Gasteiger partial charge in [-0.1, -0.05) is 18.2 Å². The van der Waals surface area contributed by atoms with Crippen molar-refractivity contribution < 1.29 is 15.0 Å². The largest absolute Gasteiger partial charge is 0.508 e. The Morgan fingerprint density at radius 1 is 1.40 bits per heavy atom. The van der Waals surface area contributed by atoms with Gasteiger partial charge in [0.25, 0.3) is 0 Å². The predicted octanol–water partition coefficient (Wildman–Crippen LogP) is 2.21. The summed E-state index contributed by atoms with van der Waals surface area (Å²) in [6.45, 7) is 3.62. The number of hydrogen-bond acceptors (Lipinski definition) is 2. The first-order chi connectivity index (χ1) is 7.11. The van der Waals surface area contributed by atoms with Crippen molar-refractivity contribution in [2.45, 2.75) is 12.8 Å². The highest BCUT2D eigenvalue weighted by atomic mass is 16.4. The van der Waals surface area contributed by atoms with Crippen LogP contribution in [0.2, 0.25) is 0 Å². The zero-order valence-corrected chi connectivity index (χ0v) is 8.39. The highest BCUT2D eigenvalue weighted by Crippen LogP contribution is 2.16. The normalized spacial score (nSPS) is 12.0. The van der Waals surface area contributed by atoms with Crippen LogP contribution in [-0.2, 0) is 11.2 Å². The number of rotatable bonds is 5. The highest BCUT2D eigenvalue weighted by Gasteiger charge is 2.10. The number of benzene rings is 1. The highest BCUT2D eigenvalue weighted by molar-refractivity contribution is 5.67. The van der Waals surface area contributed by atoms with E-state index in [1.807, 2.05) is 0 Å². The van der Waals surface area contributed by atoms with E-state index in [2.05, 4.69) is 6.58 Å². The lowest BCUT2D eigenvalue weighted by molar-refractivity contribution is -0.137. The van der Waals surface area contributed by atoms with Gasteiger partial charge in [0.1, 0.15) is 5.75 Å². The lowest BCUT2D eigenvalue weighted by Gasteiger charge is -2.09. The number of carboxylic acid groups (broad SMARTS) is 1. The number of hydrogen-bond donors (Lipinski definition) is 2. The average molecular weight is 206 g/mol. The van der Waals surface area contributed by atoms with Crippen molar-refractivity contribution >= 4 is 5.97 Å².